The Morgan fingerprint density at radius 1 is 1.31 bits per heavy atom. The van der Waals surface area contributed by atoms with Crippen molar-refractivity contribution >= 4 is 28.5 Å². The maximum absolute atomic E-state index is 12.7. The van der Waals surface area contributed by atoms with Crippen LogP contribution >= 0.6 is 11.6 Å². The number of nitrogens with zero attached hydrogens (tertiary/aromatic N) is 3. The number of H-pyrrole nitrogens is 2. The average Bonchev–Trinajstić information content (AvgIpc) is 3.31. The van der Waals surface area contributed by atoms with Gasteiger partial charge in [-0.15, -0.1) is 0 Å². The Morgan fingerprint density at radius 2 is 2.19 bits per heavy atom. The Kier molecular flexibility index (Phi) is 4.18. The third-order valence-corrected chi connectivity index (χ3v) is 4.52. The van der Waals surface area contributed by atoms with E-state index in [1.165, 1.54) is 0 Å². The molecule has 0 fully saturated rings. The van der Waals surface area contributed by atoms with Crippen LogP contribution in [0.1, 0.15) is 17.5 Å². The van der Waals surface area contributed by atoms with Crippen molar-refractivity contribution in [2.45, 2.75) is 6.54 Å². The first-order valence-electron chi connectivity index (χ1n) is 8.08. The molecule has 4 aromatic heterocycles. The zero-order valence-corrected chi connectivity index (χ0v) is 14.8. The second-order valence-corrected chi connectivity index (χ2v) is 6.45. The molecule has 4 aromatic rings. The molecule has 0 atom stereocenters. The van der Waals surface area contributed by atoms with Crippen LogP contribution in [-0.2, 0) is 6.54 Å². The summed E-state index contributed by atoms with van der Waals surface area (Å²) in [5.74, 6) is -0.101. The highest BCUT2D eigenvalue weighted by Crippen LogP contribution is 2.34. The van der Waals surface area contributed by atoms with Gasteiger partial charge in [0.1, 0.15) is 11.3 Å². The second kappa shape index (κ2) is 6.65. The van der Waals surface area contributed by atoms with E-state index in [9.17, 15) is 4.79 Å². The molecule has 0 aliphatic heterocycles. The minimum atomic E-state index is -0.101. The molecule has 4 rings (SSSR count). The predicted molar refractivity (Wildman–Crippen MR) is 103 cm³/mol. The van der Waals surface area contributed by atoms with Gasteiger partial charge in [-0.2, -0.15) is 0 Å². The van der Waals surface area contributed by atoms with E-state index in [1.807, 2.05) is 30.5 Å². The Labute approximate surface area is 156 Å². The first-order chi connectivity index (χ1) is 12.6. The van der Waals surface area contributed by atoms with Gasteiger partial charge in [-0.05, 0) is 23.8 Å². The third kappa shape index (κ3) is 2.95. The van der Waals surface area contributed by atoms with Crippen LogP contribution in [0.2, 0.25) is 5.02 Å². The Hall–Kier alpha value is -3.12. The highest BCUT2D eigenvalue weighted by atomic mass is 35.5. The molecule has 132 valence electrons. The molecule has 7 heteroatoms. The molecule has 0 radical (unpaired) electrons. The van der Waals surface area contributed by atoms with Crippen molar-refractivity contribution in [1.82, 2.24) is 24.8 Å². The molecule has 1 amide bonds. The maximum Gasteiger partial charge on any atom is 0.270 e. The summed E-state index contributed by atoms with van der Waals surface area (Å²) in [5, 5.41) is 1.46. The van der Waals surface area contributed by atoms with Crippen molar-refractivity contribution in [3.8, 4) is 11.1 Å². The molecule has 0 aromatic carbocycles. The van der Waals surface area contributed by atoms with Crippen molar-refractivity contribution in [3.05, 3.63) is 71.5 Å². The lowest BCUT2D eigenvalue weighted by molar-refractivity contribution is 0.0780. The summed E-state index contributed by atoms with van der Waals surface area (Å²) in [4.78, 5) is 28.8. The van der Waals surface area contributed by atoms with Crippen molar-refractivity contribution in [3.63, 3.8) is 0 Å². The fraction of sp³-hybridized carbons (Fsp3) is 0.105. The summed E-state index contributed by atoms with van der Waals surface area (Å²) in [6, 6.07) is 7.53. The van der Waals surface area contributed by atoms with Gasteiger partial charge in [0.2, 0.25) is 0 Å². The Balaban J connectivity index is 0.00000210. The fourth-order valence-corrected chi connectivity index (χ4v) is 3.24. The quantitative estimate of drug-likeness (QED) is 0.569. The molecule has 0 unspecified atom stereocenters. The number of nitrogens with one attached hydrogen (secondary N) is 2. The first-order valence-corrected chi connectivity index (χ1v) is 8.46. The van der Waals surface area contributed by atoms with Gasteiger partial charge in [-0.25, -0.2) is 4.98 Å². The van der Waals surface area contributed by atoms with Gasteiger partial charge in [0.15, 0.2) is 0 Å². The molecular formula is C19H18ClN5O. The average molecular weight is 368 g/mol. The molecule has 6 nitrogen and oxygen atoms in total. The SMILES string of the molecule is CN(Cc1cccnc1)C(=O)c1cc(-c2c(Cl)cnc3[nH]ccc23)c[nH]1.[HH]. The second-order valence-electron chi connectivity index (χ2n) is 6.05. The smallest absolute Gasteiger partial charge is 0.270 e. The Morgan fingerprint density at radius 3 is 3.00 bits per heavy atom. The van der Waals surface area contributed by atoms with E-state index in [-0.39, 0.29) is 7.33 Å². The number of hydrogen-bond acceptors (Lipinski definition) is 3. The number of amides is 1. The van der Waals surface area contributed by atoms with Crippen LogP contribution in [-0.4, -0.2) is 37.8 Å². The van der Waals surface area contributed by atoms with Gasteiger partial charge in [0.25, 0.3) is 5.91 Å². The minimum Gasteiger partial charge on any atom is -0.357 e. The molecular weight excluding hydrogens is 350 g/mol. The molecule has 0 bridgehead atoms. The maximum atomic E-state index is 12.7. The van der Waals surface area contributed by atoms with E-state index in [0.717, 1.165) is 27.7 Å². The molecule has 26 heavy (non-hydrogen) atoms. The lowest BCUT2D eigenvalue weighted by atomic mass is 10.1. The number of aromatic amines is 2. The van der Waals surface area contributed by atoms with E-state index in [2.05, 4.69) is 19.9 Å². The lowest BCUT2D eigenvalue weighted by Crippen LogP contribution is -2.26. The van der Waals surface area contributed by atoms with E-state index < -0.39 is 0 Å². The summed E-state index contributed by atoms with van der Waals surface area (Å²) >= 11 is 6.36. The van der Waals surface area contributed by atoms with Crippen LogP contribution < -0.4 is 0 Å². The van der Waals surface area contributed by atoms with Gasteiger partial charge in [-0.1, -0.05) is 17.7 Å². The normalized spacial score (nSPS) is 11.0. The number of carbonyl (C=O) groups excluding carboxylic acids is 1. The molecule has 0 saturated heterocycles. The molecule has 0 saturated carbocycles. The number of fused-ring (bicyclic) bond motifs is 1. The number of aromatic nitrogens is 4. The summed E-state index contributed by atoms with van der Waals surface area (Å²) in [5.41, 5.74) is 3.93. The monoisotopic (exact) mass is 367 g/mol. The number of halogens is 1. The number of rotatable bonds is 4. The molecule has 0 aliphatic carbocycles. The minimum absolute atomic E-state index is 0. The molecule has 0 aliphatic rings. The summed E-state index contributed by atoms with van der Waals surface area (Å²) in [7, 11) is 1.76. The number of carbonyl (C=O) groups is 1. The fourth-order valence-electron chi connectivity index (χ4n) is 2.98. The summed E-state index contributed by atoms with van der Waals surface area (Å²) in [6.07, 6.45) is 8.68. The van der Waals surface area contributed by atoms with Crippen LogP contribution in [0, 0.1) is 0 Å². The topological polar surface area (TPSA) is 77.7 Å². The zero-order chi connectivity index (χ0) is 18.1. The molecule has 2 N–H and O–H groups in total. The highest BCUT2D eigenvalue weighted by Gasteiger charge is 2.17. The van der Waals surface area contributed by atoms with E-state index in [1.54, 1.807) is 36.7 Å². The van der Waals surface area contributed by atoms with Crippen molar-refractivity contribution in [2.75, 3.05) is 7.05 Å². The van der Waals surface area contributed by atoms with Crippen LogP contribution in [0.5, 0.6) is 0 Å². The van der Waals surface area contributed by atoms with Gasteiger partial charge in [-0.3, -0.25) is 9.78 Å². The van der Waals surface area contributed by atoms with Gasteiger partial charge < -0.3 is 14.9 Å². The lowest BCUT2D eigenvalue weighted by Gasteiger charge is -2.16. The van der Waals surface area contributed by atoms with E-state index >= 15 is 0 Å². The first kappa shape index (κ1) is 16.4. The van der Waals surface area contributed by atoms with Crippen LogP contribution in [0.15, 0.2) is 55.2 Å². The third-order valence-electron chi connectivity index (χ3n) is 4.23. The summed E-state index contributed by atoms with van der Waals surface area (Å²) in [6.45, 7) is 0.485. The highest BCUT2D eigenvalue weighted by molar-refractivity contribution is 6.34. The predicted octanol–water partition coefficient (Wildman–Crippen LogP) is 4.12. The van der Waals surface area contributed by atoms with Crippen molar-refractivity contribution in [2.24, 2.45) is 0 Å². The number of hydrogen-bond donors (Lipinski definition) is 2. The van der Waals surface area contributed by atoms with Crippen LogP contribution in [0.4, 0.5) is 0 Å². The van der Waals surface area contributed by atoms with E-state index in [0.29, 0.717) is 17.3 Å². The van der Waals surface area contributed by atoms with Gasteiger partial charge in [0.05, 0.1) is 5.02 Å². The van der Waals surface area contributed by atoms with E-state index in [4.69, 9.17) is 11.6 Å². The van der Waals surface area contributed by atoms with Gasteiger partial charge >= 0.3 is 0 Å². The standard InChI is InChI=1S/C19H16ClN5O.H2/c1-25(11-12-3-2-5-21-8-12)19(26)16-7-13(9-23-16)17-14-4-6-22-18(14)24-10-15(17)20;/h2-10,23H,11H2,1H3,(H,22,24);1H. The van der Waals surface area contributed by atoms with Crippen molar-refractivity contribution < 1.29 is 6.22 Å². The Bertz CT molecular complexity index is 1080. The molecule has 0 spiro atoms. The van der Waals surface area contributed by atoms with Crippen LogP contribution in [0.3, 0.4) is 0 Å². The summed E-state index contributed by atoms with van der Waals surface area (Å²) < 4.78 is 0. The zero-order valence-electron chi connectivity index (χ0n) is 14.0. The van der Waals surface area contributed by atoms with Crippen LogP contribution in [0.25, 0.3) is 22.2 Å². The van der Waals surface area contributed by atoms with Crippen molar-refractivity contribution in [1.29, 1.82) is 0 Å². The number of pyridine rings is 2. The molecule has 4 heterocycles. The largest absolute Gasteiger partial charge is 0.357 e. The van der Waals surface area contributed by atoms with Gasteiger partial charge in [0, 0.05) is 62.5 Å².